The SMILES string of the molecule is COC1CCN(c2cc(Nc3cc(C4CC4)[nH]n3)nc(Oc3ccc4[nH]c(C)cc4c3Cl)n2)C1. The molecule has 176 valence electrons. The number of ether oxygens (including phenoxy) is 2. The molecule has 3 aromatic heterocycles. The van der Waals surface area contributed by atoms with E-state index in [1.165, 1.54) is 12.8 Å². The largest absolute Gasteiger partial charge is 0.423 e. The van der Waals surface area contributed by atoms with Gasteiger partial charge < -0.3 is 24.7 Å². The number of aromatic amines is 2. The topological polar surface area (TPSA) is 104 Å². The van der Waals surface area contributed by atoms with Crippen LogP contribution in [0.4, 0.5) is 17.5 Å². The molecule has 1 saturated heterocycles. The summed E-state index contributed by atoms with van der Waals surface area (Å²) in [6.45, 7) is 3.60. The molecule has 0 amide bonds. The standard InChI is InChI=1S/C24H26ClN7O2/c1-13-9-16-17(26-13)5-6-19(23(16)25)34-24-28-20(27-21-10-18(30-31-21)14-3-4-14)11-22(29-24)32-8-7-15(12-32)33-2/h5-6,9-11,14-15,26H,3-4,7-8,12H2,1-2H3,(H2,27,28,29,30,31). The summed E-state index contributed by atoms with van der Waals surface area (Å²) in [7, 11) is 1.74. The second-order valence-corrected chi connectivity index (χ2v) is 9.37. The molecule has 1 aliphatic heterocycles. The van der Waals surface area contributed by atoms with E-state index in [1.54, 1.807) is 7.11 Å². The lowest BCUT2D eigenvalue weighted by atomic mass is 10.2. The summed E-state index contributed by atoms with van der Waals surface area (Å²) in [6.07, 6.45) is 3.54. The summed E-state index contributed by atoms with van der Waals surface area (Å²) in [5, 5.41) is 12.2. The van der Waals surface area contributed by atoms with Gasteiger partial charge in [0.2, 0.25) is 0 Å². The Hall–Kier alpha value is -3.30. The first kappa shape index (κ1) is 21.2. The van der Waals surface area contributed by atoms with E-state index in [2.05, 4.69) is 30.4 Å². The van der Waals surface area contributed by atoms with Crippen molar-refractivity contribution in [2.45, 2.75) is 38.2 Å². The molecule has 0 radical (unpaired) electrons. The number of hydrogen-bond acceptors (Lipinski definition) is 7. The molecule has 3 N–H and O–H groups in total. The van der Waals surface area contributed by atoms with Crippen LogP contribution in [0.5, 0.6) is 11.8 Å². The van der Waals surface area contributed by atoms with Crippen molar-refractivity contribution in [3.8, 4) is 11.8 Å². The van der Waals surface area contributed by atoms with E-state index >= 15 is 0 Å². The fourth-order valence-corrected chi connectivity index (χ4v) is 4.67. The maximum atomic E-state index is 6.66. The fourth-order valence-electron chi connectivity index (χ4n) is 4.41. The third kappa shape index (κ3) is 4.17. The maximum Gasteiger partial charge on any atom is 0.325 e. The molecule has 1 saturated carbocycles. The highest BCUT2D eigenvalue weighted by Crippen LogP contribution is 2.40. The summed E-state index contributed by atoms with van der Waals surface area (Å²) in [6, 6.07) is 9.94. The lowest BCUT2D eigenvalue weighted by molar-refractivity contribution is 0.121. The van der Waals surface area contributed by atoms with E-state index in [0.29, 0.717) is 22.5 Å². The number of benzene rings is 1. The molecule has 9 nitrogen and oxygen atoms in total. The van der Waals surface area contributed by atoms with Crippen LogP contribution in [-0.4, -0.2) is 51.5 Å². The van der Waals surface area contributed by atoms with Crippen molar-refractivity contribution in [3.05, 3.63) is 46.7 Å². The summed E-state index contributed by atoms with van der Waals surface area (Å²) in [4.78, 5) is 14.8. The van der Waals surface area contributed by atoms with Crippen molar-refractivity contribution >= 4 is 40.0 Å². The molecule has 2 fully saturated rings. The number of anilines is 3. The third-order valence-electron chi connectivity index (χ3n) is 6.40. The van der Waals surface area contributed by atoms with Crippen molar-refractivity contribution in [1.29, 1.82) is 0 Å². The molecule has 4 aromatic rings. The van der Waals surface area contributed by atoms with Gasteiger partial charge >= 0.3 is 6.01 Å². The molecule has 0 bridgehead atoms. The second kappa shape index (κ2) is 8.48. The molecular weight excluding hydrogens is 454 g/mol. The summed E-state index contributed by atoms with van der Waals surface area (Å²) in [5.74, 6) is 3.18. The Morgan fingerprint density at radius 1 is 1.12 bits per heavy atom. The van der Waals surface area contributed by atoms with Crippen LogP contribution in [0.1, 0.15) is 36.6 Å². The Bertz CT molecular complexity index is 1350. The van der Waals surface area contributed by atoms with Crippen LogP contribution in [0.25, 0.3) is 10.9 Å². The number of rotatable bonds is 7. The minimum absolute atomic E-state index is 0.178. The lowest BCUT2D eigenvalue weighted by Gasteiger charge is -2.19. The molecule has 4 heterocycles. The van der Waals surface area contributed by atoms with Gasteiger partial charge in [-0.15, -0.1) is 0 Å². The first-order valence-electron chi connectivity index (χ1n) is 11.5. The third-order valence-corrected chi connectivity index (χ3v) is 6.79. The average Bonchev–Trinajstić information content (AvgIpc) is 3.20. The summed E-state index contributed by atoms with van der Waals surface area (Å²) >= 11 is 6.66. The van der Waals surface area contributed by atoms with Gasteiger partial charge in [-0.05, 0) is 44.4 Å². The molecule has 6 rings (SSSR count). The first-order chi connectivity index (χ1) is 16.6. The van der Waals surface area contributed by atoms with Gasteiger partial charge in [-0.2, -0.15) is 15.1 Å². The quantitative estimate of drug-likeness (QED) is 0.331. The first-order valence-corrected chi connectivity index (χ1v) is 11.9. The summed E-state index contributed by atoms with van der Waals surface area (Å²) in [5.41, 5.74) is 3.14. The van der Waals surface area contributed by atoms with Crippen LogP contribution in [0.3, 0.4) is 0 Å². The zero-order chi connectivity index (χ0) is 23.2. The van der Waals surface area contributed by atoms with E-state index in [9.17, 15) is 0 Å². The molecule has 2 aliphatic rings. The van der Waals surface area contributed by atoms with Crippen LogP contribution in [0.15, 0.2) is 30.3 Å². The van der Waals surface area contributed by atoms with Crippen molar-refractivity contribution < 1.29 is 9.47 Å². The Labute approximate surface area is 201 Å². The van der Waals surface area contributed by atoms with Gasteiger partial charge in [0, 0.05) is 60.5 Å². The molecule has 1 atom stereocenters. The maximum absolute atomic E-state index is 6.66. The van der Waals surface area contributed by atoms with Gasteiger partial charge in [0.1, 0.15) is 17.4 Å². The van der Waals surface area contributed by atoms with Crippen molar-refractivity contribution in [2.75, 3.05) is 30.4 Å². The van der Waals surface area contributed by atoms with Crippen molar-refractivity contribution in [1.82, 2.24) is 25.1 Å². The highest BCUT2D eigenvalue weighted by Gasteiger charge is 2.27. The molecular formula is C24H26ClN7O2. The van der Waals surface area contributed by atoms with Crippen LogP contribution >= 0.6 is 11.6 Å². The number of fused-ring (bicyclic) bond motifs is 1. The number of aryl methyl sites for hydroxylation is 1. The van der Waals surface area contributed by atoms with Crippen LogP contribution < -0.4 is 15.0 Å². The summed E-state index contributed by atoms with van der Waals surface area (Å²) < 4.78 is 11.7. The lowest BCUT2D eigenvalue weighted by Crippen LogP contribution is -2.23. The normalized spacial score (nSPS) is 18.1. The Kier molecular flexibility index (Phi) is 5.30. The molecule has 0 spiro atoms. The van der Waals surface area contributed by atoms with Gasteiger partial charge in [-0.1, -0.05) is 11.6 Å². The Morgan fingerprint density at radius 3 is 2.79 bits per heavy atom. The number of aromatic nitrogens is 5. The number of H-pyrrole nitrogens is 2. The van der Waals surface area contributed by atoms with Gasteiger partial charge in [0.05, 0.1) is 11.1 Å². The number of methoxy groups -OCH3 is 1. The van der Waals surface area contributed by atoms with Crippen LogP contribution in [-0.2, 0) is 4.74 Å². The number of nitrogens with one attached hydrogen (secondary N) is 3. The molecule has 1 aliphatic carbocycles. The Balaban J connectivity index is 1.32. The minimum atomic E-state index is 0.178. The predicted octanol–water partition coefficient (Wildman–Crippen LogP) is 5.28. The highest BCUT2D eigenvalue weighted by molar-refractivity contribution is 6.37. The van der Waals surface area contributed by atoms with Crippen molar-refractivity contribution in [3.63, 3.8) is 0 Å². The molecule has 1 unspecified atom stereocenters. The number of hydrogen-bond donors (Lipinski definition) is 3. The number of halogens is 1. The van der Waals surface area contributed by atoms with E-state index in [1.807, 2.05) is 37.3 Å². The van der Waals surface area contributed by atoms with Gasteiger partial charge in [-0.3, -0.25) is 5.10 Å². The van der Waals surface area contributed by atoms with Gasteiger partial charge in [0.25, 0.3) is 0 Å². The zero-order valence-corrected chi connectivity index (χ0v) is 19.8. The van der Waals surface area contributed by atoms with E-state index in [-0.39, 0.29) is 12.1 Å². The van der Waals surface area contributed by atoms with Crippen molar-refractivity contribution in [2.24, 2.45) is 0 Å². The monoisotopic (exact) mass is 479 g/mol. The fraction of sp³-hybridized carbons (Fsp3) is 0.375. The zero-order valence-electron chi connectivity index (χ0n) is 19.1. The van der Waals surface area contributed by atoms with E-state index in [0.717, 1.165) is 53.4 Å². The molecule has 34 heavy (non-hydrogen) atoms. The Morgan fingerprint density at radius 2 is 2.00 bits per heavy atom. The average molecular weight is 480 g/mol. The van der Waals surface area contributed by atoms with E-state index in [4.69, 9.17) is 26.1 Å². The van der Waals surface area contributed by atoms with Gasteiger partial charge in [0.15, 0.2) is 5.82 Å². The highest BCUT2D eigenvalue weighted by atomic mass is 35.5. The van der Waals surface area contributed by atoms with Crippen LogP contribution in [0.2, 0.25) is 5.02 Å². The van der Waals surface area contributed by atoms with E-state index < -0.39 is 0 Å². The number of nitrogens with zero attached hydrogens (tertiary/aromatic N) is 4. The molecule has 10 heteroatoms. The smallest absolute Gasteiger partial charge is 0.325 e. The van der Waals surface area contributed by atoms with Gasteiger partial charge in [-0.25, -0.2) is 0 Å². The minimum Gasteiger partial charge on any atom is -0.423 e. The second-order valence-electron chi connectivity index (χ2n) is 8.99. The molecule has 1 aromatic carbocycles. The predicted molar refractivity (Wildman–Crippen MR) is 132 cm³/mol. The van der Waals surface area contributed by atoms with Crippen LogP contribution in [0, 0.1) is 6.92 Å².